The zero-order valence-corrected chi connectivity index (χ0v) is 13.4. The number of rotatable bonds is 2. The van der Waals surface area contributed by atoms with E-state index < -0.39 is 10.1 Å². The highest BCUT2D eigenvalue weighted by Crippen LogP contribution is 2.22. The minimum absolute atomic E-state index is 0.00540. The Morgan fingerprint density at radius 1 is 1.23 bits per heavy atom. The maximum Gasteiger partial charge on any atom is 0.298 e. The van der Waals surface area contributed by atoms with Gasteiger partial charge in [0, 0.05) is 5.56 Å². The standard InChI is InChI=1S/C9H8O.C7H7ClO3S/c1-2-6-9-8(4-1)5-3-7-10-9;1-11-12(9,10)7-5-3-2-4-6(7)8/h1-6H,7H2;2-5H,1H3/i4D;. The van der Waals surface area contributed by atoms with E-state index in [4.69, 9.17) is 17.7 Å². The minimum atomic E-state index is -3.66. The van der Waals surface area contributed by atoms with Gasteiger partial charge in [0.15, 0.2) is 0 Å². The SMILES string of the molecule is COS(=O)(=O)c1ccccc1Cl.[2H]c1cccc2c1C=CCO2. The molecule has 2 aromatic carbocycles. The van der Waals surface area contributed by atoms with Gasteiger partial charge >= 0.3 is 0 Å². The minimum Gasteiger partial charge on any atom is -0.489 e. The van der Waals surface area contributed by atoms with Crippen LogP contribution in [0.2, 0.25) is 5.02 Å². The zero-order valence-electron chi connectivity index (χ0n) is 12.8. The van der Waals surface area contributed by atoms with Crippen LogP contribution in [0.25, 0.3) is 6.08 Å². The monoisotopic (exact) mass is 339 g/mol. The van der Waals surface area contributed by atoms with Crippen LogP contribution < -0.4 is 4.74 Å². The molecular formula is C16H15ClO4S. The Hall–Kier alpha value is -1.82. The van der Waals surface area contributed by atoms with Gasteiger partial charge in [0.2, 0.25) is 0 Å². The highest BCUT2D eigenvalue weighted by atomic mass is 35.5. The van der Waals surface area contributed by atoms with Crippen molar-refractivity contribution in [3.63, 3.8) is 0 Å². The number of hydrogen-bond acceptors (Lipinski definition) is 4. The third-order valence-corrected chi connectivity index (χ3v) is 4.57. The summed E-state index contributed by atoms with van der Waals surface area (Å²) in [5.41, 5.74) is 0.888. The summed E-state index contributed by atoms with van der Waals surface area (Å²) >= 11 is 5.63. The highest BCUT2D eigenvalue weighted by Gasteiger charge is 2.15. The van der Waals surface area contributed by atoms with Gasteiger partial charge in [-0.25, -0.2) is 0 Å². The summed E-state index contributed by atoms with van der Waals surface area (Å²) in [5, 5.41) is 0.166. The van der Waals surface area contributed by atoms with E-state index in [2.05, 4.69) is 4.18 Å². The van der Waals surface area contributed by atoms with Gasteiger partial charge in [0.05, 0.1) is 13.5 Å². The first-order valence-electron chi connectivity index (χ1n) is 6.90. The van der Waals surface area contributed by atoms with Crippen LogP contribution >= 0.6 is 11.6 Å². The normalized spacial score (nSPS) is 13.3. The van der Waals surface area contributed by atoms with Crippen molar-refractivity contribution in [2.24, 2.45) is 0 Å². The Labute approximate surface area is 136 Å². The first-order chi connectivity index (χ1) is 11.0. The molecule has 4 nitrogen and oxygen atoms in total. The van der Waals surface area contributed by atoms with Gasteiger partial charge in [-0.3, -0.25) is 4.18 Å². The van der Waals surface area contributed by atoms with Gasteiger partial charge in [-0.15, -0.1) is 0 Å². The number of ether oxygens (including phenoxy) is 1. The Morgan fingerprint density at radius 2 is 1.95 bits per heavy atom. The maximum atomic E-state index is 11.1. The number of hydrogen-bond donors (Lipinski definition) is 0. The fourth-order valence-corrected chi connectivity index (χ4v) is 2.88. The average Bonchev–Trinajstić information content (AvgIpc) is 2.56. The van der Waals surface area contributed by atoms with Crippen LogP contribution in [0, 0.1) is 0 Å². The molecule has 116 valence electrons. The molecule has 0 amide bonds. The molecule has 1 heterocycles. The fourth-order valence-electron chi connectivity index (χ4n) is 1.73. The predicted molar refractivity (Wildman–Crippen MR) is 86.6 cm³/mol. The van der Waals surface area contributed by atoms with Gasteiger partial charge in [0.1, 0.15) is 17.3 Å². The fraction of sp³-hybridized carbons (Fsp3) is 0.125. The quantitative estimate of drug-likeness (QED) is 0.781. The van der Waals surface area contributed by atoms with Crippen molar-refractivity contribution in [2.45, 2.75) is 4.90 Å². The molecule has 22 heavy (non-hydrogen) atoms. The second-order valence-corrected chi connectivity index (χ2v) is 6.30. The molecule has 0 aliphatic carbocycles. The van der Waals surface area contributed by atoms with Crippen LogP contribution in [0.4, 0.5) is 0 Å². The molecule has 0 atom stereocenters. The van der Waals surface area contributed by atoms with Crippen molar-refractivity contribution in [3.05, 3.63) is 65.2 Å². The molecule has 1 aliphatic heterocycles. The van der Waals surface area contributed by atoms with E-state index in [0.717, 1.165) is 18.4 Å². The van der Waals surface area contributed by atoms with Gasteiger partial charge in [-0.1, -0.05) is 48.0 Å². The van der Waals surface area contributed by atoms with Crippen LogP contribution in [-0.2, 0) is 14.3 Å². The molecule has 0 bridgehead atoms. The molecule has 3 rings (SSSR count). The lowest BCUT2D eigenvalue weighted by atomic mass is 10.1. The van der Waals surface area contributed by atoms with Crippen LogP contribution in [0.3, 0.4) is 0 Å². The summed E-state index contributed by atoms with van der Waals surface area (Å²) in [6, 6.07) is 12.1. The van der Waals surface area contributed by atoms with E-state index >= 15 is 0 Å². The van der Waals surface area contributed by atoms with E-state index in [-0.39, 0.29) is 9.92 Å². The summed E-state index contributed by atoms with van der Waals surface area (Å²) in [5.74, 6) is 0.819. The van der Waals surface area contributed by atoms with Crippen LogP contribution in [0.15, 0.2) is 59.5 Å². The smallest absolute Gasteiger partial charge is 0.298 e. The van der Waals surface area contributed by atoms with E-state index in [0.29, 0.717) is 12.6 Å². The molecule has 0 saturated carbocycles. The van der Waals surface area contributed by atoms with E-state index in [9.17, 15) is 8.42 Å². The first-order valence-corrected chi connectivity index (χ1v) is 8.18. The van der Waals surface area contributed by atoms with Gasteiger partial charge in [-0.2, -0.15) is 8.42 Å². The average molecular weight is 340 g/mol. The van der Waals surface area contributed by atoms with Crippen molar-refractivity contribution in [2.75, 3.05) is 13.7 Å². The van der Waals surface area contributed by atoms with Crippen molar-refractivity contribution < 1.29 is 18.7 Å². The second-order valence-electron chi connectivity index (χ2n) is 4.21. The highest BCUT2D eigenvalue weighted by molar-refractivity contribution is 7.86. The van der Waals surface area contributed by atoms with E-state index in [1.165, 1.54) is 12.1 Å². The lowest BCUT2D eigenvalue weighted by molar-refractivity contribution is 0.358. The number of para-hydroxylation sites is 1. The van der Waals surface area contributed by atoms with Crippen LogP contribution in [0.5, 0.6) is 5.75 Å². The lowest BCUT2D eigenvalue weighted by Gasteiger charge is -2.10. The predicted octanol–water partition coefficient (Wildman–Crippen LogP) is 3.77. The summed E-state index contributed by atoms with van der Waals surface area (Å²) in [6.45, 7) is 0.621. The summed E-state index contributed by atoms with van der Waals surface area (Å²) in [7, 11) is -2.56. The van der Waals surface area contributed by atoms with E-state index in [1.54, 1.807) is 18.2 Å². The molecule has 6 heteroatoms. The first kappa shape index (κ1) is 15.1. The second kappa shape index (κ2) is 7.45. The van der Waals surface area contributed by atoms with Crippen molar-refractivity contribution >= 4 is 27.8 Å². The van der Waals surface area contributed by atoms with Crippen molar-refractivity contribution in [1.82, 2.24) is 0 Å². The molecule has 0 fully saturated rings. The molecule has 0 radical (unpaired) electrons. The van der Waals surface area contributed by atoms with Gasteiger partial charge in [0.25, 0.3) is 10.1 Å². The molecule has 0 unspecified atom stereocenters. The van der Waals surface area contributed by atoms with Crippen molar-refractivity contribution in [1.29, 1.82) is 0 Å². The van der Waals surface area contributed by atoms with Crippen LogP contribution in [-0.4, -0.2) is 22.1 Å². The summed E-state index contributed by atoms with van der Waals surface area (Å²) in [4.78, 5) is -0.00540. The Balaban J connectivity index is 0.000000167. The lowest BCUT2D eigenvalue weighted by Crippen LogP contribution is -2.02. The summed E-state index contributed by atoms with van der Waals surface area (Å²) in [6.07, 6.45) is 3.85. The number of halogens is 1. The Bertz CT molecular complexity index is 819. The maximum absolute atomic E-state index is 11.1. The number of fused-ring (bicyclic) bond motifs is 1. The molecule has 0 aromatic heterocycles. The summed E-state index contributed by atoms with van der Waals surface area (Å²) < 4.78 is 39.3. The Kier molecular flexibility index (Phi) is 5.11. The number of benzene rings is 2. The molecule has 0 N–H and O–H groups in total. The third-order valence-electron chi connectivity index (χ3n) is 2.79. The molecule has 1 aliphatic rings. The molecule has 0 saturated heterocycles. The molecule has 2 aromatic rings. The van der Waals surface area contributed by atoms with E-state index in [1.807, 2.05) is 24.3 Å². The molecular weight excluding hydrogens is 324 g/mol. The topological polar surface area (TPSA) is 52.6 Å². The van der Waals surface area contributed by atoms with Crippen LogP contribution in [0.1, 0.15) is 6.93 Å². The van der Waals surface area contributed by atoms with Crippen molar-refractivity contribution in [3.8, 4) is 5.75 Å². The molecule has 0 spiro atoms. The third kappa shape index (κ3) is 4.10. The zero-order chi connectivity index (χ0) is 16.9. The Morgan fingerprint density at radius 3 is 2.64 bits per heavy atom. The van der Waals surface area contributed by atoms with Gasteiger partial charge < -0.3 is 4.74 Å². The van der Waals surface area contributed by atoms with Gasteiger partial charge in [-0.05, 0) is 24.3 Å². The largest absolute Gasteiger partial charge is 0.489 e.